The van der Waals surface area contributed by atoms with E-state index >= 15 is 0 Å². The van der Waals surface area contributed by atoms with Gasteiger partial charge in [0.15, 0.2) is 0 Å². The number of nitrogens with one attached hydrogen (secondary N) is 1. The van der Waals surface area contributed by atoms with Crippen LogP contribution in [-0.4, -0.2) is 37.3 Å². The van der Waals surface area contributed by atoms with Crippen LogP contribution in [0.5, 0.6) is 0 Å². The molecule has 0 unspecified atom stereocenters. The Kier molecular flexibility index (Phi) is 5.61. The molecule has 1 heterocycles. The lowest BCUT2D eigenvalue weighted by atomic mass is 10.2. The zero-order valence-electron chi connectivity index (χ0n) is 12.1. The fourth-order valence-electron chi connectivity index (χ4n) is 2.17. The summed E-state index contributed by atoms with van der Waals surface area (Å²) in [6.07, 6.45) is 6.49. The second kappa shape index (κ2) is 7.46. The van der Waals surface area contributed by atoms with Crippen molar-refractivity contribution in [1.29, 1.82) is 0 Å². The van der Waals surface area contributed by atoms with Gasteiger partial charge in [0.25, 0.3) is 0 Å². The third kappa shape index (κ3) is 4.48. The van der Waals surface area contributed by atoms with Crippen LogP contribution in [0.4, 0.5) is 5.69 Å². The predicted octanol–water partition coefficient (Wildman–Crippen LogP) is 2.20. The first-order valence-electron chi connectivity index (χ1n) is 7.34. The highest BCUT2D eigenvalue weighted by molar-refractivity contribution is 5.52. The fourth-order valence-corrected chi connectivity index (χ4v) is 2.17. The minimum absolute atomic E-state index is 0.728. The van der Waals surface area contributed by atoms with Crippen LogP contribution >= 0.6 is 0 Å². The zero-order chi connectivity index (χ0) is 13.5. The molecule has 2 rings (SSSR count). The molecule has 0 aromatic carbocycles. The molecule has 1 aliphatic rings. The molecule has 0 saturated heterocycles. The molecule has 4 heteroatoms. The third-order valence-corrected chi connectivity index (χ3v) is 3.47. The molecule has 0 aliphatic heterocycles. The van der Waals surface area contributed by atoms with Crippen LogP contribution in [0, 0.1) is 0 Å². The Labute approximate surface area is 116 Å². The highest BCUT2D eigenvalue weighted by atomic mass is 16.5. The first-order valence-corrected chi connectivity index (χ1v) is 7.34. The molecular weight excluding hydrogens is 238 g/mol. The monoisotopic (exact) mass is 263 g/mol. The predicted molar refractivity (Wildman–Crippen MR) is 78.5 cm³/mol. The van der Waals surface area contributed by atoms with Gasteiger partial charge >= 0.3 is 0 Å². The van der Waals surface area contributed by atoms with Crippen LogP contribution in [0.25, 0.3) is 0 Å². The van der Waals surface area contributed by atoms with Crippen molar-refractivity contribution in [3.63, 3.8) is 0 Å². The van der Waals surface area contributed by atoms with E-state index in [1.807, 2.05) is 19.3 Å². The summed E-state index contributed by atoms with van der Waals surface area (Å²) < 4.78 is 5.46. The molecule has 4 nitrogen and oxygen atoms in total. The number of likely N-dealkylation sites (N-methyl/N-ethyl adjacent to an activating group) is 1. The van der Waals surface area contributed by atoms with Gasteiger partial charge in [-0.15, -0.1) is 0 Å². The first-order chi connectivity index (χ1) is 9.35. The summed E-state index contributed by atoms with van der Waals surface area (Å²) in [5.74, 6) is 0. The third-order valence-electron chi connectivity index (χ3n) is 3.47. The lowest BCUT2D eigenvalue weighted by Crippen LogP contribution is -2.29. The average molecular weight is 263 g/mol. The largest absolute Gasteiger partial charge is 0.380 e. The van der Waals surface area contributed by atoms with E-state index in [1.165, 1.54) is 24.1 Å². The second-order valence-electron chi connectivity index (χ2n) is 4.94. The summed E-state index contributed by atoms with van der Waals surface area (Å²) >= 11 is 0. The van der Waals surface area contributed by atoms with E-state index in [-0.39, 0.29) is 0 Å². The van der Waals surface area contributed by atoms with Gasteiger partial charge in [-0.05, 0) is 32.8 Å². The summed E-state index contributed by atoms with van der Waals surface area (Å²) in [5.41, 5.74) is 2.57. The van der Waals surface area contributed by atoms with Crippen molar-refractivity contribution >= 4 is 5.69 Å². The number of rotatable bonds is 9. The number of ether oxygens (including phenoxy) is 1. The van der Waals surface area contributed by atoms with Crippen LogP contribution in [-0.2, 0) is 11.3 Å². The van der Waals surface area contributed by atoms with Gasteiger partial charge in [-0.1, -0.05) is 0 Å². The van der Waals surface area contributed by atoms with E-state index in [2.05, 4.69) is 28.2 Å². The Morgan fingerprint density at radius 2 is 2.26 bits per heavy atom. The number of hydrogen-bond acceptors (Lipinski definition) is 4. The Morgan fingerprint density at radius 1 is 1.42 bits per heavy atom. The van der Waals surface area contributed by atoms with Crippen molar-refractivity contribution in [2.45, 2.75) is 39.3 Å². The SMILES string of the molecule is CCOCCN(CC)c1ccncc1CNC1CC1. The van der Waals surface area contributed by atoms with Gasteiger partial charge in [-0.2, -0.15) is 0 Å². The molecule has 0 radical (unpaired) electrons. The van der Waals surface area contributed by atoms with Crippen LogP contribution in [0.2, 0.25) is 0 Å². The van der Waals surface area contributed by atoms with Crippen molar-refractivity contribution < 1.29 is 4.74 Å². The number of hydrogen-bond donors (Lipinski definition) is 1. The molecule has 0 atom stereocenters. The Morgan fingerprint density at radius 3 is 2.95 bits per heavy atom. The minimum atomic E-state index is 0.728. The summed E-state index contributed by atoms with van der Waals surface area (Å²) in [6.45, 7) is 8.63. The van der Waals surface area contributed by atoms with Crippen molar-refractivity contribution in [1.82, 2.24) is 10.3 Å². The van der Waals surface area contributed by atoms with Crippen molar-refractivity contribution in [2.75, 3.05) is 31.2 Å². The van der Waals surface area contributed by atoms with Gasteiger partial charge in [0.05, 0.1) is 6.61 Å². The number of pyridine rings is 1. The topological polar surface area (TPSA) is 37.4 Å². The van der Waals surface area contributed by atoms with Gasteiger partial charge in [0.1, 0.15) is 0 Å². The molecule has 0 bridgehead atoms. The Hall–Kier alpha value is -1.13. The van der Waals surface area contributed by atoms with E-state index in [9.17, 15) is 0 Å². The zero-order valence-corrected chi connectivity index (χ0v) is 12.1. The van der Waals surface area contributed by atoms with Crippen molar-refractivity contribution in [3.05, 3.63) is 24.0 Å². The quantitative estimate of drug-likeness (QED) is 0.693. The van der Waals surface area contributed by atoms with Crippen LogP contribution < -0.4 is 10.2 Å². The van der Waals surface area contributed by atoms with Gasteiger partial charge in [-0.3, -0.25) is 4.98 Å². The Balaban J connectivity index is 1.97. The molecule has 0 spiro atoms. The first kappa shape index (κ1) is 14.3. The van der Waals surface area contributed by atoms with E-state index in [0.717, 1.165) is 38.9 Å². The molecule has 1 saturated carbocycles. The van der Waals surface area contributed by atoms with Crippen LogP contribution in [0.15, 0.2) is 18.5 Å². The second-order valence-corrected chi connectivity index (χ2v) is 4.94. The van der Waals surface area contributed by atoms with Gasteiger partial charge in [0.2, 0.25) is 0 Å². The van der Waals surface area contributed by atoms with E-state index < -0.39 is 0 Å². The van der Waals surface area contributed by atoms with E-state index in [0.29, 0.717) is 0 Å². The molecule has 1 aromatic rings. The molecule has 106 valence electrons. The number of aromatic nitrogens is 1. The highest BCUT2D eigenvalue weighted by Gasteiger charge is 2.21. The fraction of sp³-hybridized carbons (Fsp3) is 0.667. The van der Waals surface area contributed by atoms with Gasteiger partial charge < -0.3 is 15.0 Å². The standard InChI is InChI=1S/C15H25N3O/c1-3-18(9-10-19-4-2)15-7-8-16-11-13(15)12-17-14-5-6-14/h7-8,11,14,17H,3-6,9-10,12H2,1-2H3. The molecule has 19 heavy (non-hydrogen) atoms. The maximum atomic E-state index is 5.46. The van der Waals surface area contributed by atoms with Crippen LogP contribution in [0.3, 0.4) is 0 Å². The van der Waals surface area contributed by atoms with E-state index in [1.54, 1.807) is 0 Å². The summed E-state index contributed by atoms with van der Waals surface area (Å²) in [4.78, 5) is 6.62. The van der Waals surface area contributed by atoms with Crippen molar-refractivity contribution in [3.8, 4) is 0 Å². The maximum absolute atomic E-state index is 5.46. The summed E-state index contributed by atoms with van der Waals surface area (Å²) in [6, 6.07) is 2.84. The molecular formula is C15H25N3O. The lowest BCUT2D eigenvalue weighted by molar-refractivity contribution is 0.154. The van der Waals surface area contributed by atoms with Crippen molar-refractivity contribution in [2.24, 2.45) is 0 Å². The highest BCUT2D eigenvalue weighted by Crippen LogP contribution is 2.22. The smallest absolute Gasteiger partial charge is 0.0641 e. The maximum Gasteiger partial charge on any atom is 0.0641 e. The normalized spacial score (nSPS) is 14.6. The molecule has 1 aliphatic carbocycles. The molecule has 1 N–H and O–H groups in total. The molecule has 1 fully saturated rings. The molecule has 0 amide bonds. The minimum Gasteiger partial charge on any atom is -0.380 e. The van der Waals surface area contributed by atoms with Gasteiger partial charge in [-0.25, -0.2) is 0 Å². The lowest BCUT2D eigenvalue weighted by Gasteiger charge is -2.25. The molecule has 1 aromatic heterocycles. The van der Waals surface area contributed by atoms with Gasteiger partial charge in [0, 0.05) is 55.9 Å². The average Bonchev–Trinajstić information content (AvgIpc) is 3.26. The summed E-state index contributed by atoms with van der Waals surface area (Å²) in [7, 11) is 0. The van der Waals surface area contributed by atoms with E-state index in [4.69, 9.17) is 4.74 Å². The summed E-state index contributed by atoms with van der Waals surface area (Å²) in [5, 5.41) is 3.56. The number of anilines is 1. The Bertz CT molecular complexity index is 379. The number of nitrogens with zero attached hydrogens (tertiary/aromatic N) is 2. The van der Waals surface area contributed by atoms with Crippen LogP contribution in [0.1, 0.15) is 32.3 Å².